The minimum Gasteiger partial charge on any atom is -0.309 e. The molecule has 2 heteroatoms. The van der Waals surface area contributed by atoms with Gasteiger partial charge in [0.2, 0.25) is 0 Å². The largest absolute Gasteiger partial charge is 0.309 e. The van der Waals surface area contributed by atoms with Crippen molar-refractivity contribution >= 4 is 0 Å². The second-order valence-electron chi connectivity index (χ2n) is 7.83. The highest BCUT2D eigenvalue weighted by atomic mass is 15.3. The Kier molecular flexibility index (Phi) is 4.94. The lowest BCUT2D eigenvalue weighted by Crippen LogP contribution is -2.65. The third-order valence-electron chi connectivity index (χ3n) is 5.43. The third kappa shape index (κ3) is 3.72. The van der Waals surface area contributed by atoms with Gasteiger partial charge in [0.05, 0.1) is 0 Å². The van der Waals surface area contributed by atoms with Crippen LogP contribution in [0.1, 0.15) is 66.7 Å². The minimum atomic E-state index is 0.285. The summed E-state index contributed by atoms with van der Waals surface area (Å²) in [5.74, 6) is 1.76. The Morgan fingerprint density at radius 3 is 2.32 bits per heavy atom. The Morgan fingerprint density at radius 1 is 1.16 bits per heavy atom. The lowest BCUT2D eigenvalue weighted by Gasteiger charge is -2.51. The molecule has 0 amide bonds. The summed E-state index contributed by atoms with van der Waals surface area (Å²) in [5, 5.41) is 3.74. The van der Waals surface area contributed by atoms with E-state index in [9.17, 15) is 0 Å². The summed E-state index contributed by atoms with van der Waals surface area (Å²) in [4.78, 5) is 2.85. The van der Waals surface area contributed by atoms with E-state index in [1.54, 1.807) is 0 Å². The highest BCUT2D eigenvalue weighted by Crippen LogP contribution is 2.33. The van der Waals surface area contributed by atoms with Crippen LogP contribution in [0.4, 0.5) is 0 Å². The lowest BCUT2D eigenvalue weighted by atomic mass is 9.81. The van der Waals surface area contributed by atoms with E-state index in [0.717, 1.165) is 23.9 Å². The van der Waals surface area contributed by atoms with Crippen LogP contribution < -0.4 is 5.32 Å². The van der Waals surface area contributed by atoms with Crippen LogP contribution in [-0.2, 0) is 0 Å². The van der Waals surface area contributed by atoms with E-state index < -0.39 is 0 Å². The average molecular weight is 266 g/mol. The third-order valence-corrected chi connectivity index (χ3v) is 5.43. The van der Waals surface area contributed by atoms with Crippen molar-refractivity contribution in [3.63, 3.8) is 0 Å². The van der Waals surface area contributed by atoms with Gasteiger partial charge in [0.15, 0.2) is 0 Å². The molecule has 0 aromatic carbocycles. The van der Waals surface area contributed by atoms with E-state index >= 15 is 0 Å². The Balaban J connectivity index is 2.01. The minimum absolute atomic E-state index is 0.285. The van der Waals surface area contributed by atoms with Crippen molar-refractivity contribution in [3.8, 4) is 0 Å². The predicted octanol–water partition coefficient (Wildman–Crippen LogP) is 3.66. The quantitative estimate of drug-likeness (QED) is 0.838. The fourth-order valence-electron chi connectivity index (χ4n) is 4.03. The molecule has 112 valence electrons. The summed E-state index contributed by atoms with van der Waals surface area (Å²) < 4.78 is 0. The number of nitrogens with one attached hydrogen (secondary N) is 1. The second kappa shape index (κ2) is 6.13. The summed E-state index contributed by atoms with van der Waals surface area (Å²) in [7, 11) is 0. The Morgan fingerprint density at radius 2 is 1.79 bits per heavy atom. The fraction of sp³-hybridized carbons (Fsp3) is 1.00. The van der Waals surface area contributed by atoms with Crippen LogP contribution in [-0.4, -0.2) is 35.6 Å². The summed E-state index contributed by atoms with van der Waals surface area (Å²) in [6.45, 7) is 14.2. The number of rotatable bonds is 3. The Labute approximate surface area is 120 Å². The van der Waals surface area contributed by atoms with E-state index in [0.29, 0.717) is 0 Å². The molecule has 0 aromatic heterocycles. The molecular formula is C17H34N2. The van der Waals surface area contributed by atoms with Crippen LogP contribution >= 0.6 is 0 Å². The fourth-order valence-corrected chi connectivity index (χ4v) is 4.03. The van der Waals surface area contributed by atoms with Crippen molar-refractivity contribution in [1.82, 2.24) is 10.2 Å². The summed E-state index contributed by atoms with van der Waals surface area (Å²) in [6.07, 6.45) is 7.15. The number of nitrogens with zero attached hydrogens (tertiary/aromatic N) is 1. The molecule has 1 N–H and O–H groups in total. The maximum Gasteiger partial charge on any atom is 0.0253 e. The molecule has 1 saturated heterocycles. The van der Waals surface area contributed by atoms with Crippen LogP contribution in [0.5, 0.6) is 0 Å². The number of hydrogen-bond acceptors (Lipinski definition) is 2. The molecule has 2 fully saturated rings. The molecule has 0 bridgehead atoms. The highest BCUT2D eigenvalue weighted by Gasteiger charge is 2.38. The molecule has 1 aliphatic carbocycles. The molecule has 1 unspecified atom stereocenters. The molecule has 2 aliphatic rings. The molecule has 19 heavy (non-hydrogen) atoms. The molecule has 1 atom stereocenters. The standard InChI is InChI=1S/C17H34N2/c1-6-14-7-9-15(10-8-14)19-12-17(4,5)18-11-16(19)13(2)3/h13-16,18H,6-12H2,1-5H3. The van der Waals surface area contributed by atoms with E-state index in [1.165, 1.54) is 45.2 Å². The topological polar surface area (TPSA) is 15.3 Å². The molecule has 0 radical (unpaired) electrons. The first kappa shape index (κ1) is 15.3. The van der Waals surface area contributed by atoms with E-state index in [1.807, 2.05) is 0 Å². The lowest BCUT2D eigenvalue weighted by molar-refractivity contribution is 0.0121. The van der Waals surface area contributed by atoms with Crippen LogP contribution in [0.3, 0.4) is 0 Å². The van der Waals surface area contributed by atoms with Gasteiger partial charge in [-0.05, 0) is 51.4 Å². The van der Waals surface area contributed by atoms with Crippen LogP contribution in [0.15, 0.2) is 0 Å². The molecule has 1 saturated carbocycles. The van der Waals surface area contributed by atoms with E-state index in [2.05, 4.69) is 44.8 Å². The van der Waals surface area contributed by atoms with E-state index in [-0.39, 0.29) is 5.54 Å². The molecule has 2 nitrogen and oxygen atoms in total. The maximum atomic E-state index is 3.74. The first-order valence-corrected chi connectivity index (χ1v) is 8.43. The monoisotopic (exact) mass is 266 g/mol. The van der Waals surface area contributed by atoms with Crippen molar-refractivity contribution < 1.29 is 0 Å². The van der Waals surface area contributed by atoms with Crippen molar-refractivity contribution in [1.29, 1.82) is 0 Å². The van der Waals surface area contributed by atoms with Crippen molar-refractivity contribution in [2.75, 3.05) is 13.1 Å². The summed E-state index contributed by atoms with van der Waals surface area (Å²) >= 11 is 0. The van der Waals surface area contributed by atoms with Gasteiger partial charge in [-0.3, -0.25) is 4.90 Å². The summed E-state index contributed by atoms with van der Waals surface area (Å²) in [5.41, 5.74) is 0.285. The van der Waals surface area contributed by atoms with Gasteiger partial charge in [0.25, 0.3) is 0 Å². The zero-order chi connectivity index (χ0) is 14.0. The zero-order valence-electron chi connectivity index (χ0n) is 13.7. The molecule has 2 rings (SSSR count). The summed E-state index contributed by atoms with van der Waals surface area (Å²) in [6, 6.07) is 1.58. The maximum absolute atomic E-state index is 3.74. The average Bonchev–Trinajstić information content (AvgIpc) is 2.37. The van der Waals surface area contributed by atoms with Gasteiger partial charge < -0.3 is 5.32 Å². The Bertz CT molecular complexity index is 277. The first-order chi connectivity index (χ1) is 8.93. The smallest absolute Gasteiger partial charge is 0.0253 e. The van der Waals surface area contributed by atoms with Gasteiger partial charge in [-0.25, -0.2) is 0 Å². The predicted molar refractivity (Wildman–Crippen MR) is 83.5 cm³/mol. The number of hydrogen-bond donors (Lipinski definition) is 1. The SMILES string of the molecule is CCC1CCC(N2CC(C)(C)NCC2C(C)C)CC1. The number of piperazine rings is 1. The van der Waals surface area contributed by atoms with Crippen LogP contribution in [0.25, 0.3) is 0 Å². The van der Waals surface area contributed by atoms with Crippen molar-refractivity contribution in [3.05, 3.63) is 0 Å². The zero-order valence-corrected chi connectivity index (χ0v) is 13.7. The van der Waals surface area contributed by atoms with Crippen LogP contribution in [0, 0.1) is 11.8 Å². The van der Waals surface area contributed by atoms with Crippen molar-refractivity contribution in [2.45, 2.75) is 84.3 Å². The van der Waals surface area contributed by atoms with Gasteiger partial charge in [-0.1, -0.05) is 27.2 Å². The molecule has 0 aromatic rings. The molecular weight excluding hydrogens is 232 g/mol. The normalized spacial score (nSPS) is 36.6. The van der Waals surface area contributed by atoms with Gasteiger partial charge in [-0.15, -0.1) is 0 Å². The van der Waals surface area contributed by atoms with Gasteiger partial charge in [-0.2, -0.15) is 0 Å². The highest BCUT2D eigenvalue weighted by molar-refractivity contribution is 4.96. The van der Waals surface area contributed by atoms with Gasteiger partial charge in [0, 0.05) is 30.7 Å². The molecule has 1 aliphatic heterocycles. The van der Waals surface area contributed by atoms with E-state index in [4.69, 9.17) is 0 Å². The molecule has 0 spiro atoms. The van der Waals surface area contributed by atoms with Gasteiger partial charge >= 0.3 is 0 Å². The van der Waals surface area contributed by atoms with Crippen LogP contribution in [0.2, 0.25) is 0 Å². The van der Waals surface area contributed by atoms with Gasteiger partial charge in [0.1, 0.15) is 0 Å². The second-order valence-corrected chi connectivity index (χ2v) is 7.83. The Hall–Kier alpha value is -0.0800. The molecule has 1 heterocycles. The van der Waals surface area contributed by atoms with Crippen molar-refractivity contribution in [2.24, 2.45) is 11.8 Å². The first-order valence-electron chi connectivity index (χ1n) is 8.43.